The highest BCUT2D eigenvalue weighted by atomic mass is 35.5. The smallest absolute Gasteiger partial charge is 0.222 e. The quantitative estimate of drug-likeness (QED) is 0.923. The first-order valence-electron chi connectivity index (χ1n) is 5.95. The molecule has 1 aromatic rings. The number of hydrogen-bond donors (Lipinski definition) is 1. The summed E-state index contributed by atoms with van der Waals surface area (Å²) in [5.74, 6) is 0.668. The predicted molar refractivity (Wildman–Crippen MR) is 73.9 cm³/mol. The minimum atomic E-state index is 0.174. The van der Waals surface area contributed by atoms with Crippen molar-refractivity contribution in [1.29, 1.82) is 0 Å². The molecule has 0 radical (unpaired) electrons. The van der Waals surface area contributed by atoms with Crippen LogP contribution in [0.25, 0.3) is 0 Å². The van der Waals surface area contributed by atoms with E-state index in [-0.39, 0.29) is 5.91 Å². The largest absolute Gasteiger partial charge is 0.341 e. The van der Waals surface area contributed by atoms with Gasteiger partial charge in [0.2, 0.25) is 5.91 Å². The normalized spacial score (nSPS) is 15.3. The Labute approximate surface area is 117 Å². The Morgan fingerprint density at radius 3 is 2.67 bits per heavy atom. The molecule has 2 rings (SSSR count). The van der Waals surface area contributed by atoms with Crippen LogP contribution >= 0.6 is 23.2 Å². The van der Waals surface area contributed by atoms with E-state index in [9.17, 15) is 4.79 Å². The molecule has 98 valence electrons. The molecule has 0 bridgehead atoms. The summed E-state index contributed by atoms with van der Waals surface area (Å²) in [6.45, 7) is 2.47. The highest BCUT2D eigenvalue weighted by molar-refractivity contribution is 6.42. The zero-order valence-corrected chi connectivity index (χ0v) is 11.8. The minimum Gasteiger partial charge on any atom is -0.341 e. The van der Waals surface area contributed by atoms with Gasteiger partial charge in [0.05, 0.1) is 10.0 Å². The summed E-state index contributed by atoms with van der Waals surface area (Å²) in [6, 6.07) is 5.45. The molecule has 0 atom stereocenters. The molecule has 1 aliphatic heterocycles. The summed E-state index contributed by atoms with van der Waals surface area (Å²) in [5, 5.41) is 4.23. The topological polar surface area (TPSA) is 32.3 Å². The van der Waals surface area contributed by atoms with E-state index in [2.05, 4.69) is 5.32 Å². The molecule has 5 heteroatoms. The number of amides is 1. The second-order valence-electron chi connectivity index (χ2n) is 4.73. The fourth-order valence-corrected chi connectivity index (χ4v) is 2.22. The summed E-state index contributed by atoms with van der Waals surface area (Å²) in [5.41, 5.74) is 0.993. The average molecular weight is 287 g/mol. The molecule has 1 N–H and O–H groups in total. The number of nitrogens with zero attached hydrogens (tertiary/aromatic N) is 1. The number of carbonyl (C=O) groups excluding carboxylic acids is 1. The van der Waals surface area contributed by atoms with Crippen molar-refractivity contribution in [2.45, 2.75) is 13.0 Å². The molecular formula is C13H16Cl2N2O. The Hall–Kier alpha value is -0.770. The molecule has 0 aromatic heterocycles. The first-order valence-corrected chi connectivity index (χ1v) is 6.70. The van der Waals surface area contributed by atoms with Crippen LogP contribution in [0.3, 0.4) is 0 Å². The summed E-state index contributed by atoms with van der Waals surface area (Å²) >= 11 is 11.8. The molecule has 18 heavy (non-hydrogen) atoms. The third-order valence-electron chi connectivity index (χ3n) is 3.16. The molecule has 0 aliphatic carbocycles. The number of carbonyl (C=O) groups is 1. The van der Waals surface area contributed by atoms with Crippen LogP contribution in [0.5, 0.6) is 0 Å². The number of nitrogens with one attached hydrogen (secondary N) is 1. The van der Waals surface area contributed by atoms with Gasteiger partial charge in [-0.3, -0.25) is 4.79 Å². The van der Waals surface area contributed by atoms with Gasteiger partial charge in [-0.25, -0.2) is 0 Å². The van der Waals surface area contributed by atoms with Gasteiger partial charge in [0.15, 0.2) is 0 Å². The Bertz CT molecular complexity index is 447. The molecule has 1 aliphatic rings. The summed E-state index contributed by atoms with van der Waals surface area (Å²) < 4.78 is 0. The Balaban J connectivity index is 1.90. The standard InChI is InChI=1S/C13H16Cl2N2O/c1-17(13(18)5-10-6-16-7-10)8-9-2-3-11(14)12(15)4-9/h2-4,10,16H,5-8H2,1H3. The van der Waals surface area contributed by atoms with Crippen LogP contribution in [-0.2, 0) is 11.3 Å². The van der Waals surface area contributed by atoms with Crippen molar-refractivity contribution in [2.24, 2.45) is 5.92 Å². The van der Waals surface area contributed by atoms with Crippen molar-refractivity contribution in [3.05, 3.63) is 33.8 Å². The Kier molecular flexibility index (Phi) is 4.49. The van der Waals surface area contributed by atoms with Gasteiger partial charge >= 0.3 is 0 Å². The molecule has 1 amide bonds. The number of rotatable bonds is 4. The van der Waals surface area contributed by atoms with Crippen LogP contribution in [0.1, 0.15) is 12.0 Å². The van der Waals surface area contributed by atoms with Crippen molar-refractivity contribution < 1.29 is 4.79 Å². The van der Waals surface area contributed by atoms with Crippen LogP contribution in [0.4, 0.5) is 0 Å². The van der Waals surface area contributed by atoms with Crippen molar-refractivity contribution in [1.82, 2.24) is 10.2 Å². The van der Waals surface area contributed by atoms with E-state index in [1.54, 1.807) is 17.0 Å². The molecular weight excluding hydrogens is 271 g/mol. The maximum absolute atomic E-state index is 11.9. The van der Waals surface area contributed by atoms with Gasteiger partial charge in [0.25, 0.3) is 0 Å². The Morgan fingerprint density at radius 2 is 2.11 bits per heavy atom. The second kappa shape index (κ2) is 5.91. The first-order chi connectivity index (χ1) is 8.56. The predicted octanol–water partition coefficient (Wildman–Crippen LogP) is 2.56. The molecule has 0 spiro atoms. The van der Waals surface area contributed by atoms with Gasteiger partial charge in [-0.15, -0.1) is 0 Å². The summed E-state index contributed by atoms with van der Waals surface area (Å²) in [4.78, 5) is 13.7. The highest BCUT2D eigenvalue weighted by Crippen LogP contribution is 2.23. The van der Waals surface area contributed by atoms with Crippen LogP contribution < -0.4 is 5.32 Å². The van der Waals surface area contributed by atoms with Crippen LogP contribution in [-0.4, -0.2) is 30.9 Å². The SMILES string of the molecule is CN(Cc1ccc(Cl)c(Cl)c1)C(=O)CC1CNC1. The first kappa shape index (κ1) is 13.7. The molecule has 3 nitrogen and oxygen atoms in total. The molecule has 1 saturated heterocycles. The average Bonchev–Trinajstić information content (AvgIpc) is 2.28. The number of benzene rings is 1. The Morgan fingerprint density at radius 1 is 1.39 bits per heavy atom. The van der Waals surface area contributed by atoms with Gasteiger partial charge in [0.1, 0.15) is 0 Å². The van der Waals surface area contributed by atoms with Crippen LogP contribution in [0.15, 0.2) is 18.2 Å². The van der Waals surface area contributed by atoms with Gasteiger partial charge in [-0.1, -0.05) is 29.3 Å². The molecule has 0 unspecified atom stereocenters. The zero-order valence-electron chi connectivity index (χ0n) is 10.2. The van der Waals surface area contributed by atoms with Gasteiger partial charge in [0, 0.05) is 20.0 Å². The van der Waals surface area contributed by atoms with E-state index in [0.717, 1.165) is 18.7 Å². The van der Waals surface area contributed by atoms with Gasteiger partial charge in [-0.2, -0.15) is 0 Å². The van der Waals surface area contributed by atoms with Crippen molar-refractivity contribution >= 4 is 29.1 Å². The van der Waals surface area contributed by atoms with E-state index >= 15 is 0 Å². The second-order valence-corrected chi connectivity index (χ2v) is 5.54. The zero-order chi connectivity index (χ0) is 13.1. The van der Waals surface area contributed by atoms with E-state index in [1.165, 1.54) is 0 Å². The fraction of sp³-hybridized carbons (Fsp3) is 0.462. The molecule has 0 saturated carbocycles. The lowest BCUT2D eigenvalue weighted by Gasteiger charge is -2.28. The maximum Gasteiger partial charge on any atom is 0.222 e. The lowest BCUT2D eigenvalue weighted by molar-refractivity contribution is -0.131. The maximum atomic E-state index is 11.9. The molecule has 1 fully saturated rings. The lowest BCUT2D eigenvalue weighted by atomic mass is 9.99. The van der Waals surface area contributed by atoms with E-state index in [1.807, 2.05) is 13.1 Å². The van der Waals surface area contributed by atoms with Gasteiger partial charge < -0.3 is 10.2 Å². The van der Waals surface area contributed by atoms with Crippen molar-refractivity contribution in [3.8, 4) is 0 Å². The lowest BCUT2D eigenvalue weighted by Crippen LogP contribution is -2.44. The van der Waals surface area contributed by atoms with Crippen molar-refractivity contribution in [2.75, 3.05) is 20.1 Å². The van der Waals surface area contributed by atoms with E-state index < -0.39 is 0 Å². The van der Waals surface area contributed by atoms with E-state index in [0.29, 0.717) is 28.9 Å². The third-order valence-corrected chi connectivity index (χ3v) is 3.90. The third kappa shape index (κ3) is 3.37. The molecule has 1 heterocycles. The summed E-state index contributed by atoms with van der Waals surface area (Å²) in [6.07, 6.45) is 0.616. The summed E-state index contributed by atoms with van der Waals surface area (Å²) in [7, 11) is 1.82. The van der Waals surface area contributed by atoms with Gasteiger partial charge in [-0.05, 0) is 36.7 Å². The van der Waals surface area contributed by atoms with Crippen molar-refractivity contribution in [3.63, 3.8) is 0 Å². The minimum absolute atomic E-state index is 0.174. The van der Waals surface area contributed by atoms with Crippen LogP contribution in [0.2, 0.25) is 10.0 Å². The number of hydrogen-bond acceptors (Lipinski definition) is 2. The van der Waals surface area contributed by atoms with Crippen LogP contribution in [0, 0.1) is 5.92 Å². The monoisotopic (exact) mass is 286 g/mol. The molecule has 1 aromatic carbocycles. The fourth-order valence-electron chi connectivity index (χ4n) is 1.90. The number of halogens is 2. The highest BCUT2D eigenvalue weighted by Gasteiger charge is 2.22. The van der Waals surface area contributed by atoms with E-state index in [4.69, 9.17) is 23.2 Å².